The fraction of sp³-hybridized carbons (Fsp3) is 0.650. The molecule has 1 saturated heterocycles. The minimum atomic E-state index is 0. The molecule has 3 N–H and O–H groups in total. The van der Waals surface area contributed by atoms with Crippen LogP contribution in [-0.2, 0) is 11.2 Å². The van der Waals surface area contributed by atoms with Gasteiger partial charge >= 0.3 is 0 Å². The van der Waals surface area contributed by atoms with Crippen LogP contribution in [0.25, 0.3) is 0 Å². The molecule has 0 spiro atoms. The second kappa shape index (κ2) is 12.5. The van der Waals surface area contributed by atoms with E-state index in [1.54, 1.807) is 0 Å². The highest BCUT2D eigenvalue weighted by molar-refractivity contribution is 14.0. The van der Waals surface area contributed by atoms with Gasteiger partial charge in [-0.3, -0.25) is 9.89 Å². The molecular weight excluding hydrogens is 439 g/mol. The van der Waals surface area contributed by atoms with Crippen molar-refractivity contribution >= 4 is 35.6 Å². The van der Waals surface area contributed by atoms with Gasteiger partial charge in [0.1, 0.15) is 0 Å². The molecule has 0 saturated carbocycles. The number of nitrogens with zero attached hydrogens (tertiary/aromatic N) is 2. The summed E-state index contributed by atoms with van der Waals surface area (Å²) < 4.78 is 5.51. The van der Waals surface area contributed by atoms with E-state index in [2.05, 4.69) is 54.2 Å². The number of ether oxygens (including phenoxy) is 1. The van der Waals surface area contributed by atoms with E-state index < -0.39 is 0 Å². The van der Waals surface area contributed by atoms with Crippen molar-refractivity contribution in [1.82, 2.24) is 4.90 Å². The molecule has 1 atom stereocenters. The lowest BCUT2D eigenvalue weighted by Crippen LogP contribution is -2.48. The highest BCUT2D eigenvalue weighted by Crippen LogP contribution is 2.20. The van der Waals surface area contributed by atoms with Gasteiger partial charge in [-0.25, -0.2) is 0 Å². The Labute approximate surface area is 175 Å². The molecule has 1 heterocycles. The van der Waals surface area contributed by atoms with Gasteiger partial charge in [0.25, 0.3) is 0 Å². The van der Waals surface area contributed by atoms with Crippen LogP contribution < -0.4 is 11.1 Å². The molecule has 1 aliphatic heterocycles. The predicted molar refractivity (Wildman–Crippen MR) is 122 cm³/mol. The summed E-state index contributed by atoms with van der Waals surface area (Å²) in [5.41, 5.74) is 8.45. The average Bonchev–Trinajstić information content (AvgIpc) is 2.66. The van der Waals surface area contributed by atoms with Crippen LogP contribution in [0.3, 0.4) is 0 Å². The van der Waals surface area contributed by atoms with E-state index in [1.807, 2.05) is 6.07 Å². The van der Waals surface area contributed by atoms with Crippen molar-refractivity contribution in [3.05, 3.63) is 29.8 Å². The SMILES string of the molecule is CCc1cccc(NC(N)=NCC(C(CC)CC)N2CCOCC2)c1.I. The van der Waals surface area contributed by atoms with Crippen LogP contribution in [0.4, 0.5) is 5.69 Å². The number of aliphatic imine (C=N–C) groups is 1. The Morgan fingerprint density at radius 2 is 1.92 bits per heavy atom. The maximum absolute atomic E-state index is 6.15. The smallest absolute Gasteiger partial charge is 0.193 e. The van der Waals surface area contributed by atoms with Gasteiger partial charge in [-0.1, -0.05) is 45.7 Å². The lowest BCUT2D eigenvalue weighted by atomic mass is 9.92. The minimum Gasteiger partial charge on any atom is -0.379 e. The molecule has 0 amide bonds. The van der Waals surface area contributed by atoms with Gasteiger partial charge in [0.2, 0.25) is 0 Å². The highest BCUT2D eigenvalue weighted by Gasteiger charge is 2.26. The first-order valence-corrected chi connectivity index (χ1v) is 9.65. The van der Waals surface area contributed by atoms with Gasteiger partial charge in [-0.05, 0) is 30.0 Å². The van der Waals surface area contributed by atoms with Gasteiger partial charge in [0.15, 0.2) is 5.96 Å². The van der Waals surface area contributed by atoms with E-state index in [0.29, 0.717) is 17.9 Å². The van der Waals surface area contributed by atoms with Crippen LogP contribution in [0.2, 0.25) is 0 Å². The molecule has 0 bridgehead atoms. The molecule has 2 rings (SSSR count). The maximum Gasteiger partial charge on any atom is 0.193 e. The highest BCUT2D eigenvalue weighted by atomic mass is 127. The summed E-state index contributed by atoms with van der Waals surface area (Å²) in [7, 11) is 0. The average molecular weight is 474 g/mol. The van der Waals surface area contributed by atoms with Crippen LogP contribution >= 0.6 is 24.0 Å². The van der Waals surface area contributed by atoms with Gasteiger partial charge in [-0.2, -0.15) is 0 Å². The molecule has 0 aromatic heterocycles. The monoisotopic (exact) mass is 474 g/mol. The molecule has 1 fully saturated rings. The normalized spacial score (nSPS) is 17.0. The molecule has 1 aromatic rings. The topological polar surface area (TPSA) is 62.9 Å². The number of nitrogens with two attached hydrogens (primary N) is 1. The third-order valence-electron chi connectivity index (χ3n) is 5.16. The fourth-order valence-corrected chi connectivity index (χ4v) is 3.55. The number of rotatable bonds is 8. The van der Waals surface area contributed by atoms with E-state index in [9.17, 15) is 0 Å². The number of benzene rings is 1. The lowest BCUT2D eigenvalue weighted by Gasteiger charge is -2.38. The van der Waals surface area contributed by atoms with Crippen molar-refractivity contribution in [1.29, 1.82) is 0 Å². The summed E-state index contributed by atoms with van der Waals surface area (Å²) in [6, 6.07) is 8.76. The van der Waals surface area contributed by atoms with Crippen LogP contribution in [0.1, 0.15) is 39.2 Å². The third kappa shape index (κ3) is 7.04. The standard InChI is InChI=1S/C20H34N4O.HI/c1-4-16-8-7-9-18(14-16)23-20(21)22-15-19(17(5-2)6-3)24-10-12-25-13-11-24;/h7-9,14,17,19H,4-6,10-13,15H2,1-3H3,(H3,21,22,23);1H. The van der Waals surface area contributed by atoms with Crippen molar-refractivity contribution in [3.8, 4) is 0 Å². The Morgan fingerprint density at radius 3 is 2.54 bits per heavy atom. The molecule has 5 nitrogen and oxygen atoms in total. The summed E-state index contributed by atoms with van der Waals surface area (Å²) in [5.74, 6) is 1.13. The lowest BCUT2D eigenvalue weighted by molar-refractivity contribution is 0.00398. The Morgan fingerprint density at radius 1 is 1.23 bits per heavy atom. The summed E-state index contributed by atoms with van der Waals surface area (Å²) >= 11 is 0. The number of guanidine groups is 1. The fourth-order valence-electron chi connectivity index (χ4n) is 3.55. The Kier molecular flexibility index (Phi) is 11.2. The first kappa shape index (κ1) is 23.2. The van der Waals surface area contributed by atoms with Crippen LogP contribution in [-0.4, -0.2) is 49.7 Å². The molecule has 148 valence electrons. The van der Waals surface area contributed by atoms with Crippen molar-refractivity contribution in [2.45, 2.75) is 46.1 Å². The molecule has 1 unspecified atom stereocenters. The number of nitrogens with one attached hydrogen (secondary N) is 1. The minimum absolute atomic E-state index is 0. The summed E-state index contributed by atoms with van der Waals surface area (Å²) in [5, 5.41) is 3.23. The number of hydrogen-bond acceptors (Lipinski definition) is 3. The zero-order valence-corrected chi connectivity index (χ0v) is 18.7. The zero-order chi connectivity index (χ0) is 18.1. The molecular formula is C20H35IN4O. The van der Waals surface area contributed by atoms with Crippen LogP contribution in [0.15, 0.2) is 29.3 Å². The molecule has 1 aromatic carbocycles. The van der Waals surface area contributed by atoms with E-state index in [4.69, 9.17) is 10.5 Å². The van der Waals surface area contributed by atoms with Gasteiger partial charge in [-0.15, -0.1) is 24.0 Å². The number of hydrogen-bond donors (Lipinski definition) is 2. The van der Waals surface area contributed by atoms with Crippen molar-refractivity contribution in [3.63, 3.8) is 0 Å². The summed E-state index contributed by atoms with van der Waals surface area (Å²) in [6.45, 7) is 11.0. The van der Waals surface area contributed by atoms with Gasteiger partial charge in [0, 0.05) is 24.8 Å². The van der Waals surface area contributed by atoms with Crippen LogP contribution in [0.5, 0.6) is 0 Å². The van der Waals surface area contributed by atoms with Crippen LogP contribution in [0, 0.1) is 5.92 Å². The Hall–Kier alpha value is -0.860. The molecule has 0 aliphatic carbocycles. The number of anilines is 1. The molecule has 6 heteroatoms. The number of halogens is 1. The van der Waals surface area contributed by atoms with Crippen molar-refractivity contribution in [2.75, 3.05) is 38.2 Å². The van der Waals surface area contributed by atoms with E-state index >= 15 is 0 Å². The van der Waals surface area contributed by atoms with E-state index in [0.717, 1.165) is 45.0 Å². The van der Waals surface area contributed by atoms with E-state index in [-0.39, 0.29) is 24.0 Å². The summed E-state index contributed by atoms with van der Waals surface area (Å²) in [4.78, 5) is 7.19. The van der Waals surface area contributed by atoms with Gasteiger partial charge < -0.3 is 15.8 Å². The first-order chi connectivity index (χ1) is 12.2. The second-order valence-electron chi connectivity index (χ2n) is 6.70. The summed E-state index contributed by atoms with van der Waals surface area (Å²) in [6.07, 6.45) is 3.35. The molecule has 26 heavy (non-hydrogen) atoms. The van der Waals surface area contributed by atoms with Gasteiger partial charge in [0.05, 0.1) is 19.8 Å². The van der Waals surface area contributed by atoms with Crippen molar-refractivity contribution < 1.29 is 4.74 Å². The Bertz CT molecular complexity index is 542. The predicted octanol–water partition coefficient (Wildman–Crippen LogP) is 3.73. The third-order valence-corrected chi connectivity index (χ3v) is 5.16. The second-order valence-corrected chi connectivity index (χ2v) is 6.70. The maximum atomic E-state index is 6.15. The quantitative estimate of drug-likeness (QED) is 0.343. The number of aryl methyl sites for hydroxylation is 1. The molecule has 0 radical (unpaired) electrons. The first-order valence-electron chi connectivity index (χ1n) is 9.65. The molecule has 1 aliphatic rings. The Balaban J connectivity index is 0.00000338. The zero-order valence-electron chi connectivity index (χ0n) is 16.4. The van der Waals surface area contributed by atoms with E-state index in [1.165, 1.54) is 18.4 Å². The number of morpholine rings is 1. The largest absolute Gasteiger partial charge is 0.379 e. The van der Waals surface area contributed by atoms with Crippen molar-refractivity contribution in [2.24, 2.45) is 16.6 Å².